The molecule has 0 fully saturated rings. The third-order valence-corrected chi connectivity index (χ3v) is 5.50. The molecule has 0 amide bonds. The molecule has 16 heavy (non-hydrogen) atoms. The molecule has 0 atom stereocenters. The quantitative estimate of drug-likeness (QED) is 0.630. The van der Waals surface area contributed by atoms with E-state index in [4.69, 9.17) is 0 Å². The molecular weight excluding hydrogens is 212 g/mol. The molecule has 0 spiro atoms. The summed E-state index contributed by atoms with van der Waals surface area (Å²) in [5.74, 6) is 0. The Kier molecular flexibility index (Phi) is 3.69. The van der Waals surface area contributed by atoms with Crippen molar-refractivity contribution in [3.05, 3.63) is 34.0 Å². The van der Waals surface area contributed by atoms with Gasteiger partial charge < -0.3 is 0 Å². The highest BCUT2D eigenvalue weighted by atomic mass is 32.1. The normalized spacial score (nSPS) is 12.9. The molecule has 1 aromatic rings. The zero-order chi connectivity index (χ0) is 12.6. The fourth-order valence-corrected chi connectivity index (χ4v) is 3.18. The summed E-state index contributed by atoms with van der Waals surface area (Å²) in [6, 6.07) is 2.33. The summed E-state index contributed by atoms with van der Waals surface area (Å²) >= 11 is 1.95. The molecule has 0 saturated heterocycles. The largest absolute Gasteiger partial charge is 0.144 e. The van der Waals surface area contributed by atoms with Crippen LogP contribution in [-0.4, -0.2) is 0 Å². The van der Waals surface area contributed by atoms with E-state index in [9.17, 15) is 0 Å². The standard InChI is InChI=1S/C15H24S/c1-8-14(4,5)12-10-11(3)13(16-12)15(6,7)9-2/h8,10H,1,9H2,2-7H3. The lowest BCUT2D eigenvalue weighted by Crippen LogP contribution is -2.14. The van der Waals surface area contributed by atoms with E-state index in [2.05, 4.69) is 54.2 Å². The van der Waals surface area contributed by atoms with E-state index in [0.29, 0.717) is 5.41 Å². The van der Waals surface area contributed by atoms with E-state index < -0.39 is 0 Å². The Hall–Kier alpha value is -0.560. The fourth-order valence-electron chi connectivity index (χ4n) is 1.73. The summed E-state index contributed by atoms with van der Waals surface area (Å²) in [6.07, 6.45) is 3.23. The van der Waals surface area contributed by atoms with E-state index in [0.717, 1.165) is 0 Å². The highest BCUT2D eigenvalue weighted by molar-refractivity contribution is 7.12. The van der Waals surface area contributed by atoms with Crippen LogP contribution in [0, 0.1) is 6.92 Å². The van der Waals surface area contributed by atoms with Gasteiger partial charge in [0.2, 0.25) is 0 Å². The maximum absolute atomic E-state index is 3.94. The molecule has 0 nitrogen and oxygen atoms in total. The van der Waals surface area contributed by atoms with Crippen LogP contribution in [0.1, 0.15) is 56.4 Å². The van der Waals surface area contributed by atoms with Gasteiger partial charge in [-0.2, -0.15) is 0 Å². The first kappa shape index (κ1) is 13.5. The summed E-state index contributed by atoms with van der Waals surface area (Å²) in [6.45, 7) is 17.5. The number of thiophene rings is 1. The van der Waals surface area contributed by atoms with Gasteiger partial charge in [-0.3, -0.25) is 0 Å². The maximum atomic E-state index is 3.94. The van der Waals surface area contributed by atoms with Crippen LogP contribution in [0.5, 0.6) is 0 Å². The highest BCUT2D eigenvalue weighted by Crippen LogP contribution is 2.40. The Morgan fingerprint density at radius 2 is 1.88 bits per heavy atom. The van der Waals surface area contributed by atoms with Crippen molar-refractivity contribution in [1.82, 2.24) is 0 Å². The molecule has 0 unspecified atom stereocenters. The van der Waals surface area contributed by atoms with E-state index in [1.54, 1.807) is 0 Å². The SMILES string of the molecule is C=CC(C)(C)c1cc(C)c(C(C)(C)CC)s1. The van der Waals surface area contributed by atoms with E-state index >= 15 is 0 Å². The molecule has 0 aliphatic carbocycles. The van der Waals surface area contributed by atoms with E-state index in [-0.39, 0.29) is 5.41 Å². The van der Waals surface area contributed by atoms with Gasteiger partial charge in [0, 0.05) is 15.2 Å². The van der Waals surface area contributed by atoms with Crippen LogP contribution < -0.4 is 0 Å². The molecule has 90 valence electrons. The monoisotopic (exact) mass is 236 g/mol. The molecule has 1 heteroatoms. The molecule has 0 aliphatic rings. The molecular formula is C15H24S. The Morgan fingerprint density at radius 1 is 1.31 bits per heavy atom. The average Bonchev–Trinajstić information content (AvgIpc) is 2.61. The number of allylic oxidation sites excluding steroid dienone is 1. The first-order chi connectivity index (χ1) is 7.24. The van der Waals surface area contributed by atoms with Crippen LogP contribution in [-0.2, 0) is 10.8 Å². The van der Waals surface area contributed by atoms with Crippen molar-refractivity contribution in [3.8, 4) is 0 Å². The van der Waals surface area contributed by atoms with Gasteiger partial charge in [-0.05, 0) is 30.4 Å². The van der Waals surface area contributed by atoms with Gasteiger partial charge in [-0.15, -0.1) is 17.9 Å². The Labute approximate surface area is 104 Å². The van der Waals surface area contributed by atoms with Gasteiger partial charge in [-0.25, -0.2) is 0 Å². The van der Waals surface area contributed by atoms with Crippen LogP contribution in [0.4, 0.5) is 0 Å². The van der Waals surface area contributed by atoms with Crippen molar-refractivity contribution in [3.63, 3.8) is 0 Å². The summed E-state index contributed by atoms with van der Waals surface area (Å²) in [4.78, 5) is 2.96. The lowest BCUT2D eigenvalue weighted by molar-refractivity contribution is 0.514. The average molecular weight is 236 g/mol. The van der Waals surface area contributed by atoms with Crippen molar-refractivity contribution < 1.29 is 0 Å². The Bertz CT molecular complexity index is 380. The maximum Gasteiger partial charge on any atom is 0.0167 e. The van der Waals surface area contributed by atoms with Crippen molar-refractivity contribution in [1.29, 1.82) is 0 Å². The first-order valence-corrected chi connectivity index (χ1v) is 6.81. The number of hydrogen-bond acceptors (Lipinski definition) is 1. The summed E-state index contributed by atoms with van der Waals surface area (Å²) in [7, 11) is 0. The second-order valence-electron chi connectivity index (χ2n) is 5.79. The molecule has 0 radical (unpaired) electrons. The molecule has 0 saturated carbocycles. The van der Waals surface area contributed by atoms with Gasteiger partial charge in [0.15, 0.2) is 0 Å². The molecule has 0 bridgehead atoms. The van der Waals surface area contributed by atoms with Crippen molar-refractivity contribution in [2.45, 2.75) is 58.8 Å². The van der Waals surface area contributed by atoms with Crippen molar-refractivity contribution in [2.75, 3.05) is 0 Å². The molecule has 1 rings (SSSR count). The zero-order valence-corrected chi connectivity index (χ0v) is 12.3. The van der Waals surface area contributed by atoms with Crippen LogP contribution in [0.15, 0.2) is 18.7 Å². The number of aryl methyl sites for hydroxylation is 1. The van der Waals surface area contributed by atoms with E-state index in [1.807, 2.05) is 17.4 Å². The summed E-state index contributed by atoms with van der Waals surface area (Å²) in [5, 5.41) is 0. The third kappa shape index (κ3) is 2.40. The van der Waals surface area contributed by atoms with Crippen LogP contribution in [0.2, 0.25) is 0 Å². The predicted molar refractivity (Wildman–Crippen MR) is 75.6 cm³/mol. The lowest BCUT2D eigenvalue weighted by Gasteiger charge is -2.23. The second-order valence-corrected chi connectivity index (χ2v) is 6.84. The number of hydrogen-bond donors (Lipinski definition) is 0. The minimum absolute atomic E-state index is 0.0947. The topological polar surface area (TPSA) is 0 Å². The minimum Gasteiger partial charge on any atom is -0.144 e. The summed E-state index contributed by atoms with van der Waals surface area (Å²) < 4.78 is 0. The third-order valence-electron chi connectivity index (χ3n) is 3.56. The van der Waals surface area contributed by atoms with Gasteiger partial charge in [0.05, 0.1) is 0 Å². The van der Waals surface area contributed by atoms with Crippen molar-refractivity contribution in [2.24, 2.45) is 0 Å². The van der Waals surface area contributed by atoms with Crippen molar-refractivity contribution >= 4 is 11.3 Å². The number of rotatable bonds is 4. The van der Waals surface area contributed by atoms with Gasteiger partial charge >= 0.3 is 0 Å². The fraction of sp³-hybridized carbons (Fsp3) is 0.600. The van der Waals surface area contributed by atoms with Gasteiger partial charge in [0.1, 0.15) is 0 Å². The molecule has 0 aromatic carbocycles. The molecule has 0 aliphatic heterocycles. The van der Waals surface area contributed by atoms with Crippen LogP contribution >= 0.6 is 11.3 Å². The minimum atomic E-state index is 0.0947. The molecule has 1 aromatic heterocycles. The Morgan fingerprint density at radius 3 is 2.31 bits per heavy atom. The van der Waals surface area contributed by atoms with Gasteiger partial charge in [-0.1, -0.05) is 40.7 Å². The second kappa shape index (κ2) is 4.37. The highest BCUT2D eigenvalue weighted by Gasteiger charge is 2.26. The Balaban J connectivity index is 3.23. The molecule has 1 heterocycles. The predicted octanol–water partition coefficient (Wildman–Crippen LogP) is 5.21. The smallest absolute Gasteiger partial charge is 0.0167 e. The lowest BCUT2D eigenvalue weighted by atomic mass is 9.86. The summed E-state index contributed by atoms with van der Waals surface area (Å²) in [5.41, 5.74) is 1.82. The van der Waals surface area contributed by atoms with Gasteiger partial charge in [0.25, 0.3) is 0 Å². The van der Waals surface area contributed by atoms with E-state index in [1.165, 1.54) is 21.7 Å². The van der Waals surface area contributed by atoms with Crippen LogP contribution in [0.25, 0.3) is 0 Å². The molecule has 0 N–H and O–H groups in total. The zero-order valence-electron chi connectivity index (χ0n) is 11.5. The first-order valence-electron chi connectivity index (χ1n) is 5.99. The van der Waals surface area contributed by atoms with Crippen LogP contribution in [0.3, 0.4) is 0 Å².